The van der Waals surface area contributed by atoms with Crippen molar-refractivity contribution >= 4 is 15.9 Å². The summed E-state index contributed by atoms with van der Waals surface area (Å²) in [4.78, 5) is 14.3. The molecular weight excluding hydrogens is 314 g/mol. The molecule has 0 spiro atoms. The van der Waals surface area contributed by atoms with Crippen LogP contribution in [0.1, 0.15) is 18.4 Å². The molecule has 0 aliphatic carbocycles. The third kappa shape index (κ3) is 4.68. The van der Waals surface area contributed by atoms with Crippen molar-refractivity contribution in [2.75, 3.05) is 24.6 Å². The number of benzene rings is 1. The van der Waals surface area contributed by atoms with Crippen LogP contribution in [0.3, 0.4) is 0 Å². The molecule has 2 N–H and O–H groups in total. The molecule has 2 aliphatic heterocycles. The average molecular weight is 337 g/mol. The number of carbonyl (C=O) groups is 1. The molecule has 2 atom stereocenters. The van der Waals surface area contributed by atoms with Crippen molar-refractivity contribution in [3.63, 3.8) is 0 Å². The molecule has 126 valence electrons. The highest BCUT2D eigenvalue weighted by molar-refractivity contribution is 7.91. The Labute approximate surface area is 137 Å². The number of nitrogens with zero attached hydrogens (tertiary/aromatic N) is 1. The number of urea groups is 1. The monoisotopic (exact) mass is 337 g/mol. The molecule has 0 saturated carbocycles. The van der Waals surface area contributed by atoms with Crippen LogP contribution in [0.5, 0.6) is 0 Å². The van der Waals surface area contributed by atoms with Gasteiger partial charge in [-0.15, -0.1) is 0 Å². The molecule has 2 amide bonds. The standard InChI is InChI=1S/C16H23N3O3S/c20-16(18-15-7-9-23(21,22)12-15)17-14-6-8-19(11-14)10-13-4-2-1-3-5-13/h1-5,14-15H,6-12H2,(H2,17,18,20)/t14-,15-/m0/s1. The van der Waals surface area contributed by atoms with Gasteiger partial charge in [0.25, 0.3) is 0 Å². The lowest BCUT2D eigenvalue weighted by Crippen LogP contribution is -2.47. The van der Waals surface area contributed by atoms with Gasteiger partial charge in [0.1, 0.15) is 0 Å². The van der Waals surface area contributed by atoms with E-state index in [0.717, 1.165) is 26.1 Å². The highest BCUT2D eigenvalue weighted by Gasteiger charge is 2.30. The van der Waals surface area contributed by atoms with Gasteiger partial charge in [-0.3, -0.25) is 4.90 Å². The minimum absolute atomic E-state index is 0.0607. The van der Waals surface area contributed by atoms with E-state index in [0.29, 0.717) is 6.42 Å². The van der Waals surface area contributed by atoms with Crippen LogP contribution >= 0.6 is 0 Å². The van der Waals surface area contributed by atoms with Crippen LogP contribution in [-0.4, -0.2) is 56.0 Å². The lowest BCUT2D eigenvalue weighted by atomic mass is 10.2. The summed E-state index contributed by atoms with van der Waals surface area (Å²) in [6.45, 7) is 2.67. The Kier molecular flexibility index (Phi) is 4.87. The Bertz CT molecular complexity index is 648. The van der Waals surface area contributed by atoms with Crippen molar-refractivity contribution < 1.29 is 13.2 Å². The first-order valence-corrected chi connectivity index (χ1v) is 9.86. The fourth-order valence-electron chi connectivity index (χ4n) is 3.26. The highest BCUT2D eigenvalue weighted by atomic mass is 32.2. The first-order valence-electron chi connectivity index (χ1n) is 8.04. The van der Waals surface area contributed by atoms with E-state index in [1.54, 1.807) is 0 Å². The van der Waals surface area contributed by atoms with Crippen molar-refractivity contribution in [2.45, 2.75) is 31.5 Å². The Morgan fingerprint density at radius 1 is 1.13 bits per heavy atom. The summed E-state index contributed by atoms with van der Waals surface area (Å²) >= 11 is 0. The summed E-state index contributed by atoms with van der Waals surface area (Å²) in [5.41, 5.74) is 1.27. The molecule has 2 heterocycles. The molecule has 0 aromatic heterocycles. The van der Waals surface area contributed by atoms with E-state index >= 15 is 0 Å². The van der Waals surface area contributed by atoms with Crippen LogP contribution in [0.2, 0.25) is 0 Å². The van der Waals surface area contributed by atoms with Gasteiger partial charge in [0.05, 0.1) is 11.5 Å². The van der Waals surface area contributed by atoms with Crippen molar-refractivity contribution in [1.82, 2.24) is 15.5 Å². The third-order valence-corrected chi connectivity index (χ3v) is 6.19. The van der Waals surface area contributed by atoms with Crippen molar-refractivity contribution in [2.24, 2.45) is 0 Å². The van der Waals surface area contributed by atoms with Crippen LogP contribution < -0.4 is 10.6 Å². The second-order valence-corrected chi connectivity index (χ2v) is 8.65. The van der Waals surface area contributed by atoms with Gasteiger partial charge in [-0.2, -0.15) is 0 Å². The Hall–Kier alpha value is -1.60. The van der Waals surface area contributed by atoms with Crippen LogP contribution in [-0.2, 0) is 16.4 Å². The van der Waals surface area contributed by atoms with Crippen molar-refractivity contribution in [3.8, 4) is 0 Å². The van der Waals surface area contributed by atoms with Crippen LogP contribution in [0.25, 0.3) is 0 Å². The van der Waals surface area contributed by atoms with E-state index in [2.05, 4.69) is 27.7 Å². The zero-order chi connectivity index (χ0) is 16.3. The van der Waals surface area contributed by atoms with Crippen LogP contribution in [0, 0.1) is 0 Å². The maximum Gasteiger partial charge on any atom is 0.315 e. The molecule has 6 nitrogen and oxygen atoms in total. The second-order valence-electron chi connectivity index (χ2n) is 6.42. The molecule has 2 saturated heterocycles. The van der Waals surface area contributed by atoms with Gasteiger partial charge in [-0.1, -0.05) is 30.3 Å². The minimum atomic E-state index is -2.96. The molecule has 0 bridgehead atoms. The van der Waals surface area contributed by atoms with Gasteiger partial charge < -0.3 is 10.6 Å². The Morgan fingerprint density at radius 3 is 2.57 bits per heavy atom. The van der Waals surface area contributed by atoms with Gasteiger partial charge in [-0.25, -0.2) is 13.2 Å². The van der Waals surface area contributed by atoms with E-state index in [1.165, 1.54) is 5.56 Å². The summed E-state index contributed by atoms with van der Waals surface area (Å²) in [5, 5.41) is 5.74. The van der Waals surface area contributed by atoms with Gasteiger partial charge in [0.15, 0.2) is 9.84 Å². The normalized spacial score (nSPS) is 27.0. The molecule has 1 aromatic rings. The predicted octanol–water partition coefficient (Wildman–Crippen LogP) is 0.747. The largest absolute Gasteiger partial charge is 0.334 e. The fraction of sp³-hybridized carbons (Fsp3) is 0.562. The molecular formula is C16H23N3O3S. The predicted molar refractivity (Wildman–Crippen MR) is 88.9 cm³/mol. The summed E-state index contributed by atoms with van der Waals surface area (Å²) in [5.74, 6) is 0.234. The molecule has 0 radical (unpaired) electrons. The average Bonchev–Trinajstić information content (AvgIpc) is 3.06. The molecule has 2 aliphatic rings. The van der Waals surface area contributed by atoms with E-state index in [9.17, 15) is 13.2 Å². The third-order valence-electron chi connectivity index (χ3n) is 4.42. The fourth-order valence-corrected chi connectivity index (χ4v) is 4.93. The molecule has 1 aromatic carbocycles. The zero-order valence-electron chi connectivity index (χ0n) is 13.1. The number of nitrogens with one attached hydrogen (secondary N) is 2. The van der Waals surface area contributed by atoms with Gasteiger partial charge in [-0.05, 0) is 18.4 Å². The smallest absolute Gasteiger partial charge is 0.315 e. The summed E-state index contributed by atoms with van der Waals surface area (Å²) < 4.78 is 22.8. The summed E-state index contributed by atoms with van der Waals surface area (Å²) in [6, 6.07) is 9.90. The van der Waals surface area contributed by atoms with E-state index in [4.69, 9.17) is 0 Å². The van der Waals surface area contributed by atoms with Gasteiger partial charge >= 0.3 is 6.03 Å². The Balaban J connectivity index is 1.42. The lowest BCUT2D eigenvalue weighted by Gasteiger charge is -2.18. The molecule has 3 rings (SSSR count). The molecule has 23 heavy (non-hydrogen) atoms. The van der Waals surface area contributed by atoms with E-state index in [-0.39, 0.29) is 29.6 Å². The maximum atomic E-state index is 12.0. The number of hydrogen-bond donors (Lipinski definition) is 2. The number of likely N-dealkylation sites (tertiary alicyclic amines) is 1. The lowest BCUT2D eigenvalue weighted by molar-refractivity contribution is 0.233. The minimum Gasteiger partial charge on any atom is -0.334 e. The van der Waals surface area contributed by atoms with E-state index in [1.807, 2.05) is 18.2 Å². The van der Waals surface area contributed by atoms with Crippen molar-refractivity contribution in [3.05, 3.63) is 35.9 Å². The summed E-state index contributed by atoms with van der Waals surface area (Å²) in [7, 11) is -2.96. The van der Waals surface area contributed by atoms with E-state index < -0.39 is 9.84 Å². The second kappa shape index (κ2) is 6.88. The molecule has 0 unspecified atom stereocenters. The number of amides is 2. The Morgan fingerprint density at radius 2 is 1.87 bits per heavy atom. The first-order chi connectivity index (χ1) is 11.0. The topological polar surface area (TPSA) is 78.5 Å². The highest BCUT2D eigenvalue weighted by Crippen LogP contribution is 2.14. The maximum absolute atomic E-state index is 12.0. The summed E-state index contributed by atoms with van der Waals surface area (Å²) in [6.07, 6.45) is 1.43. The van der Waals surface area contributed by atoms with Gasteiger partial charge in [0.2, 0.25) is 0 Å². The van der Waals surface area contributed by atoms with Crippen molar-refractivity contribution in [1.29, 1.82) is 0 Å². The SMILES string of the molecule is O=C(N[C@H]1CCN(Cc2ccccc2)C1)N[C@H]1CCS(=O)(=O)C1. The van der Waals surface area contributed by atoms with Gasteiger partial charge in [0, 0.05) is 31.7 Å². The first kappa shape index (κ1) is 16.3. The number of hydrogen-bond acceptors (Lipinski definition) is 4. The number of carbonyl (C=O) groups excluding carboxylic acids is 1. The number of sulfone groups is 1. The van der Waals surface area contributed by atoms with Crippen LogP contribution in [0.4, 0.5) is 4.79 Å². The number of rotatable bonds is 4. The van der Waals surface area contributed by atoms with Crippen LogP contribution in [0.15, 0.2) is 30.3 Å². The zero-order valence-corrected chi connectivity index (χ0v) is 13.9. The quantitative estimate of drug-likeness (QED) is 0.850. The molecule has 2 fully saturated rings. The molecule has 7 heteroatoms.